The van der Waals surface area contributed by atoms with E-state index in [0.29, 0.717) is 19.3 Å². The minimum Gasteiger partial charge on any atom is -0.481 e. The van der Waals surface area contributed by atoms with Gasteiger partial charge in [0.2, 0.25) is 0 Å². The molecule has 0 aliphatic carbocycles. The maximum absolute atomic E-state index is 12.3. The van der Waals surface area contributed by atoms with Gasteiger partial charge in [0.15, 0.2) is 5.78 Å². The van der Waals surface area contributed by atoms with Gasteiger partial charge in [-0.25, -0.2) is 0 Å². The summed E-state index contributed by atoms with van der Waals surface area (Å²) in [6.07, 6.45) is 16.7. The predicted molar refractivity (Wildman–Crippen MR) is 107 cm³/mol. The molecule has 0 aromatic rings. The Kier molecular flexibility index (Phi) is 15.3. The minimum atomic E-state index is -1.18. The number of hydrogen-bond acceptors (Lipinski definition) is 3. The SMILES string of the molecule is CCCCCCC(O)(C/C=C\CCCCCCCC(=O)O)C(=O)CCC. The van der Waals surface area contributed by atoms with Crippen molar-refractivity contribution in [2.45, 2.75) is 116 Å². The van der Waals surface area contributed by atoms with Crippen molar-refractivity contribution in [3.8, 4) is 0 Å². The van der Waals surface area contributed by atoms with Crippen molar-refractivity contribution in [1.29, 1.82) is 0 Å². The Labute approximate surface area is 160 Å². The van der Waals surface area contributed by atoms with Crippen LogP contribution in [-0.4, -0.2) is 27.6 Å². The summed E-state index contributed by atoms with van der Waals surface area (Å²) < 4.78 is 0. The van der Waals surface area contributed by atoms with Crippen LogP contribution in [0.5, 0.6) is 0 Å². The Morgan fingerprint density at radius 1 is 0.808 bits per heavy atom. The smallest absolute Gasteiger partial charge is 0.303 e. The number of carboxylic acids is 1. The molecule has 152 valence electrons. The number of allylic oxidation sites excluding steroid dienone is 1. The van der Waals surface area contributed by atoms with Gasteiger partial charge in [0.05, 0.1) is 0 Å². The number of aliphatic carboxylic acids is 1. The van der Waals surface area contributed by atoms with Crippen LogP contribution in [0.25, 0.3) is 0 Å². The number of ketones is 1. The number of carbonyl (C=O) groups is 2. The second-order valence-corrected chi connectivity index (χ2v) is 7.39. The first-order chi connectivity index (χ1) is 12.5. The normalized spacial score (nSPS) is 13.8. The van der Waals surface area contributed by atoms with Crippen molar-refractivity contribution in [1.82, 2.24) is 0 Å². The fourth-order valence-electron chi connectivity index (χ4n) is 3.12. The lowest BCUT2D eigenvalue weighted by molar-refractivity contribution is -0.138. The molecule has 0 heterocycles. The monoisotopic (exact) mass is 368 g/mol. The van der Waals surface area contributed by atoms with Gasteiger partial charge in [-0.05, 0) is 32.1 Å². The van der Waals surface area contributed by atoms with Gasteiger partial charge >= 0.3 is 5.97 Å². The number of aliphatic hydroxyl groups is 1. The zero-order valence-corrected chi connectivity index (χ0v) is 17.0. The van der Waals surface area contributed by atoms with Crippen LogP contribution in [0.1, 0.15) is 110 Å². The van der Waals surface area contributed by atoms with Crippen molar-refractivity contribution in [3.05, 3.63) is 12.2 Å². The second kappa shape index (κ2) is 16.0. The molecule has 0 rings (SSSR count). The molecule has 0 bridgehead atoms. The van der Waals surface area contributed by atoms with Crippen LogP contribution in [0.3, 0.4) is 0 Å². The van der Waals surface area contributed by atoms with Crippen LogP contribution in [0, 0.1) is 0 Å². The van der Waals surface area contributed by atoms with Crippen LogP contribution in [0.4, 0.5) is 0 Å². The number of carboxylic acid groups (broad SMARTS) is 1. The summed E-state index contributed by atoms with van der Waals surface area (Å²) in [7, 11) is 0. The van der Waals surface area contributed by atoms with Crippen molar-refractivity contribution in [2.24, 2.45) is 0 Å². The maximum Gasteiger partial charge on any atom is 0.303 e. The lowest BCUT2D eigenvalue weighted by Crippen LogP contribution is -2.38. The van der Waals surface area contributed by atoms with Crippen molar-refractivity contribution >= 4 is 11.8 Å². The number of unbranched alkanes of at least 4 members (excludes halogenated alkanes) is 8. The lowest BCUT2D eigenvalue weighted by atomic mass is 9.86. The minimum absolute atomic E-state index is 0.0143. The lowest BCUT2D eigenvalue weighted by Gasteiger charge is -2.25. The van der Waals surface area contributed by atoms with E-state index in [9.17, 15) is 14.7 Å². The van der Waals surface area contributed by atoms with Crippen LogP contribution in [0.2, 0.25) is 0 Å². The largest absolute Gasteiger partial charge is 0.481 e. The first kappa shape index (κ1) is 24.8. The summed E-state index contributed by atoms with van der Waals surface area (Å²) in [5.74, 6) is -0.729. The van der Waals surface area contributed by atoms with Gasteiger partial charge in [-0.2, -0.15) is 0 Å². The Bertz CT molecular complexity index is 403. The first-order valence-corrected chi connectivity index (χ1v) is 10.6. The fourth-order valence-corrected chi connectivity index (χ4v) is 3.12. The molecule has 0 aliphatic rings. The van der Waals surface area contributed by atoms with Crippen molar-refractivity contribution < 1.29 is 19.8 Å². The Morgan fingerprint density at radius 2 is 1.46 bits per heavy atom. The standard InChI is InChI=1S/C22H40O4/c1-3-5-6-14-18-22(26,20(23)16-4-2)19-15-12-10-8-7-9-11-13-17-21(24)25/h12,15,26H,3-11,13-14,16-19H2,1-2H3,(H,24,25)/b15-12-. The number of carbonyl (C=O) groups excluding carboxylic acids is 1. The molecule has 0 radical (unpaired) electrons. The van der Waals surface area contributed by atoms with E-state index in [1.54, 1.807) is 0 Å². The molecule has 1 atom stereocenters. The molecule has 0 amide bonds. The molecule has 26 heavy (non-hydrogen) atoms. The quantitative estimate of drug-likeness (QED) is 0.236. The van der Waals surface area contributed by atoms with Crippen LogP contribution in [-0.2, 0) is 9.59 Å². The maximum atomic E-state index is 12.3. The highest BCUT2D eigenvalue weighted by atomic mass is 16.4. The Balaban J connectivity index is 4.07. The van der Waals surface area contributed by atoms with E-state index >= 15 is 0 Å². The van der Waals surface area contributed by atoms with Gasteiger partial charge in [0.25, 0.3) is 0 Å². The molecule has 4 nitrogen and oxygen atoms in total. The number of rotatable bonds is 18. The third kappa shape index (κ3) is 13.1. The molecule has 1 unspecified atom stereocenters. The summed E-state index contributed by atoms with van der Waals surface area (Å²) >= 11 is 0. The highest BCUT2D eigenvalue weighted by Gasteiger charge is 2.32. The molecule has 2 N–H and O–H groups in total. The zero-order chi connectivity index (χ0) is 19.7. The van der Waals surface area contributed by atoms with E-state index in [4.69, 9.17) is 5.11 Å². The van der Waals surface area contributed by atoms with Gasteiger partial charge in [-0.3, -0.25) is 9.59 Å². The van der Waals surface area contributed by atoms with Crippen LogP contribution in [0.15, 0.2) is 12.2 Å². The summed E-state index contributed by atoms with van der Waals surface area (Å²) in [6, 6.07) is 0. The van der Waals surface area contributed by atoms with E-state index in [-0.39, 0.29) is 12.2 Å². The number of Topliss-reactive ketones (excluding diaryl/α,β-unsaturated/α-hetero) is 1. The Morgan fingerprint density at radius 3 is 2.12 bits per heavy atom. The van der Waals surface area contributed by atoms with E-state index in [0.717, 1.165) is 70.6 Å². The summed E-state index contributed by atoms with van der Waals surface area (Å²) in [5.41, 5.74) is -1.18. The average molecular weight is 369 g/mol. The van der Waals surface area contributed by atoms with Gasteiger partial charge < -0.3 is 10.2 Å². The molecule has 0 aromatic heterocycles. The molecule has 0 spiro atoms. The topological polar surface area (TPSA) is 74.6 Å². The Hall–Kier alpha value is -1.16. The van der Waals surface area contributed by atoms with Crippen molar-refractivity contribution in [3.63, 3.8) is 0 Å². The highest BCUT2D eigenvalue weighted by molar-refractivity contribution is 5.87. The molecule has 0 fully saturated rings. The molecule has 4 heteroatoms. The molecular weight excluding hydrogens is 328 g/mol. The molecular formula is C22H40O4. The van der Waals surface area contributed by atoms with E-state index in [2.05, 4.69) is 13.0 Å². The van der Waals surface area contributed by atoms with E-state index in [1.807, 2.05) is 13.0 Å². The summed E-state index contributed by atoms with van der Waals surface area (Å²) in [6.45, 7) is 4.13. The van der Waals surface area contributed by atoms with Gasteiger partial charge in [-0.1, -0.05) is 70.9 Å². The molecule has 0 saturated carbocycles. The van der Waals surface area contributed by atoms with Gasteiger partial charge in [0, 0.05) is 19.3 Å². The molecule has 0 aliphatic heterocycles. The average Bonchev–Trinajstić information content (AvgIpc) is 2.60. The fraction of sp³-hybridized carbons (Fsp3) is 0.818. The van der Waals surface area contributed by atoms with Gasteiger partial charge in [-0.15, -0.1) is 0 Å². The summed E-state index contributed by atoms with van der Waals surface area (Å²) in [5, 5.41) is 19.4. The van der Waals surface area contributed by atoms with E-state index < -0.39 is 11.6 Å². The molecule has 0 aromatic carbocycles. The van der Waals surface area contributed by atoms with Crippen LogP contribution >= 0.6 is 0 Å². The summed E-state index contributed by atoms with van der Waals surface area (Å²) in [4.78, 5) is 22.7. The second-order valence-electron chi connectivity index (χ2n) is 7.39. The third-order valence-electron chi connectivity index (χ3n) is 4.82. The van der Waals surface area contributed by atoms with Crippen molar-refractivity contribution in [2.75, 3.05) is 0 Å². The zero-order valence-electron chi connectivity index (χ0n) is 17.0. The third-order valence-corrected chi connectivity index (χ3v) is 4.82. The number of hydrogen-bond donors (Lipinski definition) is 2. The van der Waals surface area contributed by atoms with E-state index in [1.165, 1.54) is 0 Å². The highest BCUT2D eigenvalue weighted by Crippen LogP contribution is 2.24. The first-order valence-electron chi connectivity index (χ1n) is 10.6. The van der Waals surface area contributed by atoms with Crippen LogP contribution < -0.4 is 0 Å². The van der Waals surface area contributed by atoms with Gasteiger partial charge in [0.1, 0.15) is 5.60 Å². The molecule has 0 saturated heterocycles. The predicted octanol–water partition coefficient (Wildman–Crippen LogP) is 5.82.